The first-order chi connectivity index (χ1) is 10.1. The van der Waals surface area contributed by atoms with Gasteiger partial charge in [-0.3, -0.25) is 0 Å². The number of para-hydroxylation sites is 1. The molecule has 0 radical (unpaired) electrons. The van der Waals surface area contributed by atoms with Gasteiger partial charge in [0.1, 0.15) is 17.1 Å². The molecule has 0 saturated carbocycles. The van der Waals surface area contributed by atoms with Gasteiger partial charge in [-0.05, 0) is 36.8 Å². The zero-order valence-corrected chi connectivity index (χ0v) is 11.7. The molecule has 0 aliphatic carbocycles. The van der Waals surface area contributed by atoms with E-state index in [-0.39, 0.29) is 5.56 Å². The van der Waals surface area contributed by atoms with Crippen molar-refractivity contribution in [3.8, 4) is 17.1 Å². The van der Waals surface area contributed by atoms with E-state index in [1.165, 1.54) is 13.2 Å². The molecule has 1 aromatic heterocycles. The quantitative estimate of drug-likeness (QED) is 0.785. The standard InChI is InChI=1S/C17H14O4/c1-10-4-3-5-11-8-15(21-16(10)11)13-7-6-12(20-2)9-14(13)17(18)19/h3-9H,1-2H3,(H,18,19). The predicted molar refractivity (Wildman–Crippen MR) is 79.9 cm³/mol. The molecule has 0 aliphatic heterocycles. The molecule has 3 aromatic rings. The van der Waals surface area contributed by atoms with Crippen molar-refractivity contribution >= 4 is 16.9 Å². The van der Waals surface area contributed by atoms with Crippen molar-refractivity contribution in [2.24, 2.45) is 0 Å². The highest BCUT2D eigenvalue weighted by molar-refractivity contribution is 5.97. The number of furan rings is 1. The number of aryl methyl sites for hydroxylation is 1. The van der Waals surface area contributed by atoms with Gasteiger partial charge in [0.25, 0.3) is 0 Å². The maximum absolute atomic E-state index is 11.4. The summed E-state index contributed by atoms with van der Waals surface area (Å²) >= 11 is 0. The first-order valence-electron chi connectivity index (χ1n) is 6.51. The second-order valence-electron chi connectivity index (χ2n) is 4.82. The molecule has 0 unspecified atom stereocenters. The van der Waals surface area contributed by atoms with Crippen molar-refractivity contribution in [2.75, 3.05) is 7.11 Å². The zero-order chi connectivity index (χ0) is 15.0. The third kappa shape index (κ3) is 2.25. The van der Waals surface area contributed by atoms with Crippen molar-refractivity contribution in [3.05, 3.63) is 53.6 Å². The molecule has 0 spiro atoms. The van der Waals surface area contributed by atoms with Crippen LogP contribution in [0, 0.1) is 6.92 Å². The maximum Gasteiger partial charge on any atom is 0.336 e. The minimum Gasteiger partial charge on any atom is -0.497 e. The van der Waals surface area contributed by atoms with Crippen molar-refractivity contribution in [1.82, 2.24) is 0 Å². The molecule has 3 rings (SSSR count). The lowest BCUT2D eigenvalue weighted by Crippen LogP contribution is -2.00. The molecule has 4 heteroatoms. The Balaban J connectivity index is 2.22. The predicted octanol–water partition coefficient (Wildman–Crippen LogP) is 4.12. The number of rotatable bonds is 3. The summed E-state index contributed by atoms with van der Waals surface area (Å²) in [5.74, 6) is 0.0314. The number of hydrogen-bond acceptors (Lipinski definition) is 3. The van der Waals surface area contributed by atoms with Crippen LogP contribution in [0.3, 0.4) is 0 Å². The largest absolute Gasteiger partial charge is 0.497 e. The lowest BCUT2D eigenvalue weighted by molar-refractivity contribution is 0.0697. The van der Waals surface area contributed by atoms with Crippen LogP contribution in [-0.4, -0.2) is 18.2 Å². The fourth-order valence-corrected chi connectivity index (χ4v) is 2.38. The third-order valence-electron chi connectivity index (χ3n) is 3.46. The molecule has 1 heterocycles. The average molecular weight is 282 g/mol. The van der Waals surface area contributed by atoms with Gasteiger partial charge in [-0.15, -0.1) is 0 Å². The highest BCUT2D eigenvalue weighted by atomic mass is 16.5. The van der Waals surface area contributed by atoms with Gasteiger partial charge in [0.05, 0.1) is 12.7 Å². The van der Waals surface area contributed by atoms with Gasteiger partial charge in [-0.2, -0.15) is 0 Å². The number of fused-ring (bicyclic) bond motifs is 1. The fourth-order valence-electron chi connectivity index (χ4n) is 2.38. The summed E-state index contributed by atoms with van der Waals surface area (Å²) in [4.78, 5) is 11.4. The van der Waals surface area contributed by atoms with Crippen LogP contribution in [0.5, 0.6) is 5.75 Å². The monoisotopic (exact) mass is 282 g/mol. The van der Waals surface area contributed by atoms with E-state index in [4.69, 9.17) is 9.15 Å². The van der Waals surface area contributed by atoms with E-state index in [0.717, 1.165) is 16.5 Å². The van der Waals surface area contributed by atoms with Crippen molar-refractivity contribution in [3.63, 3.8) is 0 Å². The molecule has 4 nitrogen and oxygen atoms in total. The second kappa shape index (κ2) is 4.98. The van der Waals surface area contributed by atoms with E-state index in [1.807, 2.05) is 31.2 Å². The SMILES string of the molecule is COc1ccc(-c2cc3cccc(C)c3o2)c(C(=O)O)c1. The molecule has 1 N–H and O–H groups in total. The first kappa shape index (κ1) is 13.2. The number of aromatic carboxylic acids is 1. The number of carbonyl (C=O) groups is 1. The molecule has 0 amide bonds. The van der Waals surface area contributed by atoms with E-state index in [0.29, 0.717) is 17.1 Å². The highest BCUT2D eigenvalue weighted by Crippen LogP contribution is 2.33. The smallest absolute Gasteiger partial charge is 0.336 e. The summed E-state index contributed by atoms with van der Waals surface area (Å²) in [7, 11) is 1.51. The van der Waals surface area contributed by atoms with E-state index < -0.39 is 5.97 Å². The molecule has 0 atom stereocenters. The van der Waals surface area contributed by atoms with Gasteiger partial charge in [-0.1, -0.05) is 18.2 Å². The van der Waals surface area contributed by atoms with Crippen molar-refractivity contribution in [2.45, 2.75) is 6.92 Å². The van der Waals surface area contributed by atoms with Crippen LogP contribution in [0.1, 0.15) is 15.9 Å². The lowest BCUT2D eigenvalue weighted by atomic mass is 10.0. The Labute approximate surface area is 121 Å². The normalized spacial score (nSPS) is 10.8. The fraction of sp³-hybridized carbons (Fsp3) is 0.118. The van der Waals surface area contributed by atoms with Gasteiger partial charge in [0.15, 0.2) is 0 Å². The Morgan fingerprint density at radius 2 is 2.00 bits per heavy atom. The topological polar surface area (TPSA) is 59.7 Å². The van der Waals surface area contributed by atoms with E-state index in [1.54, 1.807) is 12.1 Å². The Hall–Kier alpha value is -2.75. The average Bonchev–Trinajstić information content (AvgIpc) is 2.92. The van der Waals surface area contributed by atoms with Gasteiger partial charge in [0.2, 0.25) is 0 Å². The van der Waals surface area contributed by atoms with Gasteiger partial charge >= 0.3 is 5.97 Å². The van der Waals surface area contributed by atoms with Crippen LogP contribution in [0.15, 0.2) is 46.9 Å². The van der Waals surface area contributed by atoms with Gasteiger partial charge in [-0.25, -0.2) is 4.79 Å². The van der Waals surface area contributed by atoms with Gasteiger partial charge in [0, 0.05) is 10.9 Å². The second-order valence-corrected chi connectivity index (χ2v) is 4.82. The summed E-state index contributed by atoms with van der Waals surface area (Å²) in [6, 6.07) is 12.6. The maximum atomic E-state index is 11.4. The Morgan fingerprint density at radius 3 is 2.67 bits per heavy atom. The van der Waals surface area contributed by atoms with E-state index >= 15 is 0 Å². The minimum absolute atomic E-state index is 0.158. The number of hydrogen-bond donors (Lipinski definition) is 1. The summed E-state index contributed by atoms with van der Waals surface area (Å²) in [5.41, 5.74) is 2.49. The molecule has 0 fully saturated rings. The number of methoxy groups -OCH3 is 1. The first-order valence-corrected chi connectivity index (χ1v) is 6.51. The minimum atomic E-state index is -1.01. The molecule has 0 bridgehead atoms. The Kier molecular flexibility index (Phi) is 3.14. The molecule has 106 valence electrons. The summed E-state index contributed by atoms with van der Waals surface area (Å²) < 4.78 is 10.9. The Morgan fingerprint density at radius 1 is 1.19 bits per heavy atom. The number of carboxylic acid groups (broad SMARTS) is 1. The molecule has 0 aliphatic rings. The number of benzene rings is 2. The molecule has 2 aromatic carbocycles. The summed E-state index contributed by atoms with van der Waals surface area (Å²) in [6.45, 7) is 1.96. The summed E-state index contributed by atoms with van der Waals surface area (Å²) in [5, 5.41) is 10.3. The van der Waals surface area contributed by atoms with Crippen LogP contribution in [0.25, 0.3) is 22.3 Å². The van der Waals surface area contributed by atoms with Crippen LogP contribution < -0.4 is 4.74 Å². The highest BCUT2D eigenvalue weighted by Gasteiger charge is 2.17. The van der Waals surface area contributed by atoms with Crippen LogP contribution >= 0.6 is 0 Å². The zero-order valence-electron chi connectivity index (χ0n) is 11.7. The summed E-state index contributed by atoms with van der Waals surface area (Å²) in [6.07, 6.45) is 0. The number of ether oxygens (including phenoxy) is 1. The third-order valence-corrected chi connectivity index (χ3v) is 3.46. The molecular formula is C17H14O4. The van der Waals surface area contributed by atoms with Crippen molar-refractivity contribution < 1.29 is 19.1 Å². The van der Waals surface area contributed by atoms with Crippen molar-refractivity contribution in [1.29, 1.82) is 0 Å². The van der Waals surface area contributed by atoms with Crippen LogP contribution in [0.4, 0.5) is 0 Å². The van der Waals surface area contributed by atoms with Gasteiger partial charge < -0.3 is 14.3 Å². The molecule has 0 saturated heterocycles. The Bertz CT molecular complexity index is 830. The van der Waals surface area contributed by atoms with E-state index in [9.17, 15) is 9.90 Å². The molecule has 21 heavy (non-hydrogen) atoms. The van der Waals surface area contributed by atoms with Crippen LogP contribution in [-0.2, 0) is 0 Å². The van der Waals surface area contributed by atoms with E-state index in [2.05, 4.69) is 0 Å². The van der Waals surface area contributed by atoms with Crippen LogP contribution in [0.2, 0.25) is 0 Å². The lowest BCUT2D eigenvalue weighted by Gasteiger charge is -2.06. The molecular weight excluding hydrogens is 268 g/mol. The number of carboxylic acids is 1.